The molecule has 11 heteroatoms. The van der Waals surface area contributed by atoms with Crippen LogP contribution in [0.4, 0.5) is 21.8 Å². The van der Waals surface area contributed by atoms with E-state index in [4.69, 9.17) is 0 Å². The Bertz CT molecular complexity index is 447. The molecule has 0 N–H and O–H groups in total. The Morgan fingerprint density at radius 2 is 1.35 bits per heavy atom. The second-order valence-electron chi connectivity index (χ2n) is 4.41. The molecule has 0 aromatic rings. The zero-order chi connectivity index (χ0) is 18.5. The number of carbonyl (C=O) groups is 1. The number of hydrogen-bond donors (Lipinski definition) is 0. The summed E-state index contributed by atoms with van der Waals surface area (Å²) < 4.78 is 83.2. The quantitative estimate of drug-likeness (QED) is 0.367. The van der Waals surface area contributed by atoms with Crippen LogP contribution in [-0.4, -0.2) is 50.9 Å². The van der Waals surface area contributed by atoms with Gasteiger partial charge in [-0.25, -0.2) is 0 Å². The van der Waals surface area contributed by atoms with Crippen LogP contribution in [-0.2, 0) is 18.4 Å². The van der Waals surface area contributed by atoms with Crippen molar-refractivity contribution < 1.29 is 40.1 Å². The Morgan fingerprint density at radius 1 is 1.00 bits per heavy atom. The Morgan fingerprint density at radius 3 is 1.57 bits per heavy atom. The minimum atomic E-state index is -6.43. The second kappa shape index (κ2) is 7.83. The molecule has 5 nitrogen and oxygen atoms in total. The van der Waals surface area contributed by atoms with Crippen LogP contribution in [0.2, 0.25) is 0 Å². The van der Waals surface area contributed by atoms with Gasteiger partial charge in [-0.15, -0.1) is 0 Å². The van der Waals surface area contributed by atoms with Gasteiger partial charge in [-0.3, -0.25) is 0 Å². The summed E-state index contributed by atoms with van der Waals surface area (Å²) in [5, 5.41) is 0. The van der Waals surface area contributed by atoms with Crippen molar-refractivity contribution in [3.05, 3.63) is 11.1 Å². The summed E-state index contributed by atoms with van der Waals surface area (Å²) in [5.74, 6) is -1.78. The van der Waals surface area contributed by atoms with E-state index < -0.39 is 50.6 Å². The van der Waals surface area contributed by atoms with Gasteiger partial charge in [0.2, 0.25) is 0 Å². The molecule has 0 fully saturated rings. The number of likely N-dealkylation sites (N-methyl/N-ethyl adjacent to an activating group) is 1. The van der Waals surface area contributed by atoms with E-state index in [9.17, 15) is 22.4 Å². The summed E-state index contributed by atoms with van der Waals surface area (Å²) in [6.07, 6.45) is -5.47. The Balaban J connectivity index is 6.63. The molecule has 1 amide bonds. The van der Waals surface area contributed by atoms with Crippen molar-refractivity contribution in [3.63, 3.8) is 0 Å². The number of nitrogens with zero attached hydrogens (tertiary/aromatic N) is 1. The van der Waals surface area contributed by atoms with Crippen molar-refractivity contribution in [3.8, 4) is 0 Å². The molecule has 0 rings (SSSR count). The van der Waals surface area contributed by atoms with Gasteiger partial charge in [0.05, 0.1) is 0 Å². The van der Waals surface area contributed by atoms with Gasteiger partial charge in [0, 0.05) is 0 Å². The van der Waals surface area contributed by atoms with Crippen LogP contribution in [0.5, 0.6) is 0 Å². The van der Waals surface area contributed by atoms with Crippen LogP contribution in [0.3, 0.4) is 0 Å². The molecule has 0 saturated heterocycles. The van der Waals surface area contributed by atoms with Crippen molar-refractivity contribution in [2.45, 2.75) is 26.9 Å². The first-order valence-corrected chi connectivity index (χ1v) is 8.64. The molecule has 138 valence electrons. The molecular formula is C12H21F5NO4P. The fourth-order valence-corrected chi connectivity index (χ4v) is 4.12. The van der Waals surface area contributed by atoms with Crippen molar-refractivity contribution in [2.24, 2.45) is 0 Å². The normalized spacial score (nSPS) is 15.7. The third kappa shape index (κ3) is 4.82. The first-order chi connectivity index (χ1) is 10.4. The molecule has 0 atom stereocenters. The van der Waals surface area contributed by atoms with E-state index in [1.54, 1.807) is 0 Å². The van der Waals surface area contributed by atoms with Gasteiger partial charge in [-0.2, -0.15) is 0 Å². The molecule has 0 spiro atoms. The second-order valence-corrected chi connectivity index (χ2v) is 7.15. The summed E-state index contributed by atoms with van der Waals surface area (Å²) >= 11 is 0. The molecule has 0 bridgehead atoms. The van der Waals surface area contributed by atoms with Gasteiger partial charge in [0.1, 0.15) is 0 Å². The fourth-order valence-electron chi connectivity index (χ4n) is 1.67. The van der Waals surface area contributed by atoms with E-state index in [-0.39, 0.29) is 0 Å². The van der Waals surface area contributed by atoms with Crippen molar-refractivity contribution >= 4 is 13.5 Å². The van der Waals surface area contributed by atoms with E-state index in [0.717, 1.165) is 14.1 Å². The molecule has 0 aliphatic heterocycles. The van der Waals surface area contributed by atoms with Crippen LogP contribution in [0.25, 0.3) is 0 Å². The molecule has 0 heterocycles. The standard InChI is InChI=1S/C12H21F5NO4P/c1-6-20-23(17,21-7-2,22-8-3)10(13)9(12(14,15)16)11(19)18(4)5/h6-8H2,1-5H3/b10-9+. The molecule has 0 aliphatic carbocycles. The van der Waals surface area contributed by atoms with Gasteiger partial charge in [-0.05, 0) is 0 Å². The summed E-state index contributed by atoms with van der Waals surface area (Å²) in [7, 11) is -4.49. The number of rotatable bonds is 8. The zero-order valence-corrected chi connectivity index (χ0v) is 14.4. The van der Waals surface area contributed by atoms with Gasteiger partial charge in [0.15, 0.2) is 0 Å². The number of carbonyl (C=O) groups excluding carboxylic acids is 1. The van der Waals surface area contributed by atoms with Crippen LogP contribution >= 0.6 is 7.59 Å². The maximum absolute atomic E-state index is 15.3. The summed E-state index contributed by atoms with van der Waals surface area (Å²) in [6.45, 7) is 2.11. The van der Waals surface area contributed by atoms with Gasteiger partial charge in [-0.1, -0.05) is 0 Å². The topological polar surface area (TPSA) is 48.0 Å². The Kier molecular flexibility index (Phi) is 7.55. The number of alkyl halides is 3. The third-order valence-corrected chi connectivity index (χ3v) is 5.41. The van der Waals surface area contributed by atoms with Crippen LogP contribution in [0.15, 0.2) is 11.1 Å². The molecule has 0 aliphatic rings. The van der Waals surface area contributed by atoms with E-state index in [0.29, 0.717) is 4.90 Å². The molecule has 0 aromatic heterocycles. The molecule has 23 heavy (non-hydrogen) atoms. The molecule has 0 aromatic carbocycles. The predicted octanol–water partition coefficient (Wildman–Crippen LogP) is 4.11. The van der Waals surface area contributed by atoms with E-state index in [1.807, 2.05) is 0 Å². The first kappa shape index (κ1) is 22.2. The molecule has 0 unspecified atom stereocenters. The molecule has 0 radical (unpaired) electrons. The minimum absolute atomic E-state index is 0.466. The average Bonchev–Trinajstić information content (AvgIpc) is 2.37. The number of halogens is 5. The number of hydrogen-bond acceptors (Lipinski definition) is 4. The van der Waals surface area contributed by atoms with Crippen molar-refractivity contribution in [2.75, 3.05) is 33.9 Å². The van der Waals surface area contributed by atoms with Gasteiger partial charge in [0.25, 0.3) is 0 Å². The van der Waals surface area contributed by atoms with Gasteiger partial charge >= 0.3 is 131 Å². The summed E-state index contributed by atoms with van der Waals surface area (Å²) in [6, 6.07) is 0. The maximum atomic E-state index is 15.3. The van der Waals surface area contributed by atoms with E-state index in [1.165, 1.54) is 20.8 Å². The van der Waals surface area contributed by atoms with E-state index in [2.05, 4.69) is 13.6 Å². The SMILES string of the molecule is CCOP(F)(OCC)(OCC)/C(F)=C(\C(=O)N(C)C)C(F)(F)F. The van der Waals surface area contributed by atoms with Crippen molar-refractivity contribution in [1.29, 1.82) is 0 Å². The monoisotopic (exact) mass is 369 g/mol. The molecule has 0 saturated carbocycles. The first-order valence-electron chi connectivity index (χ1n) is 6.76. The average molecular weight is 369 g/mol. The number of amides is 1. The van der Waals surface area contributed by atoms with Gasteiger partial charge < -0.3 is 0 Å². The van der Waals surface area contributed by atoms with Crippen LogP contribution in [0, 0.1) is 0 Å². The summed E-state index contributed by atoms with van der Waals surface area (Å²) in [4.78, 5) is 12.2. The van der Waals surface area contributed by atoms with Crippen LogP contribution in [0.1, 0.15) is 20.8 Å². The Hall–Kier alpha value is -0.830. The van der Waals surface area contributed by atoms with E-state index >= 15 is 4.20 Å². The summed E-state index contributed by atoms with van der Waals surface area (Å²) in [5.41, 5.74) is -4.86. The zero-order valence-electron chi connectivity index (χ0n) is 13.5. The predicted molar refractivity (Wildman–Crippen MR) is 75.8 cm³/mol. The van der Waals surface area contributed by atoms with Crippen molar-refractivity contribution in [1.82, 2.24) is 4.90 Å². The molecular weight excluding hydrogens is 348 g/mol. The fraction of sp³-hybridized carbons (Fsp3) is 0.750. The van der Waals surface area contributed by atoms with Crippen LogP contribution < -0.4 is 0 Å². The Labute approximate surface area is 131 Å². The third-order valence-electron chi connectivity index (χ3n) is 2.47.